The van der Waals surface area contributed by atoms with Crippen LogP contribution in [0.1, 0.15) is 77.4 Å². The molecular weight excluding hydrogens is 488 g/mol. The Morgan fingerprint density at radius 1 is 1.34 bits per heavy atom. The van der Waals surface area contributed by atoms with Gasteiger partial charge in [0, 0.05) is 24.3 Å². The number of ether oxygens (including phenoxy) is 1. The first-order chi connectivity index (χ1) is 16.4. The molecule has 0 aromatic carbocycles. The zero-order chi connectivity index (χ0) is 26.3. The van der Waals surface area contributed by atoms with Crippen LogP contribution < -0.4 is 5.73 Å². The standard InChI is InChI=1S/C26H39ClN2O5S/c1-15-7-6-8-16(2)24(32)17(3)25(33)26(4,5)21(30)12-23(31)34-20(10-9-15)19(27)11-18-14-35-22(13-28)29-18/h9,11,14,16-17,20-21,24,30,32H,6-8,10,12-13,28H2,1-5H3/b15-9-,19-11-/t16-,17+,20-,21-,24-/m0/s1. The Hall–Kier alpha value is -1.58. The Bertz CT molecular complexity index is 942. The summed E-state index contributed by atoms with van der Waals surface area (Å²) in [6.45, 7) is 9.15. The minimum absolute atomic E-state index is 0.0748. The lowest BCUT2D eigenvalue weighted by molar-refractivity contribution is -0.153. The second kappa shape index (κ2) is 13.1. The molecule has 0 unspecified atom stereocenters. The highest BCUT2D eigenvalue weighted by Gasteiger charge is 2.42. The smallest absolute Gasteiger partial charge is 0.309 e. The minimum Gasteiger partial charge on any atom is -0.456 e. The molecule has 1 aliphatic heterocycles. The van der Waals surface area contributed by atoms with E-state index in [1.807, 2.05) is 25.3 Å². The van der Waals surface area contributed by atoms with Gasteiger partial charge in [0.2, 0.25) is 0 Å². The zero-order valence-corrected chi connectivity index (χ0v) is 22.9. The van der Waals surface area contributed by atoms with Crippen LogP contribution in [0.2, 0.25) is 0 Å². The second-order valence-corrected chi connectivity index (χ2v) is 11.5. The van der Waals surface area contributed by atoms with E-state index >= 15 is 0 Å². The summed E-state index contributed by atoms with van der Waals surface area (Å²) in [6, 6.07) is 0. The van der Waals surface area contributed by atoms with Gasteiger partial charge in [-0.1, -0.05) is 50.9 Å². The van der Waals surface area contributed by atoms with Crippen molar-refractivity contribution in [3.63, 3.8) is 0 Å². The Balaban J connectivity index is 2.33. The maximum Gasteiger partial charge on any atom is 0.309 e. The monoisotopic (exact) mass is 526 g/mol. The first-order valence-corrected chi connectivity index (χ1v) is 13.4. The van der Waals surface area contributed by atoms with Gasteiger partial charge in [-0.2, -0.15) is 0 Å². The molecule has 0 bridgehead atoms. The summed E-state index contributed by atoms with van der Waals surface area (Å²) in [6.07, 6.45) is 3.25. The Morgan fingerprint density at radius 2 is 2.03 bits per heavy atom. The molecule has 0 saturated heterocycles. The Kier molecular flexibility index (Phi) is 11.1. The average Bonchev–Trinajstić information content (AvgIpc) is 3.26. The molecule has 196 valence electrons. The number of carbonyl (C=O) groups is 2. The summed E-state index contributed by atoms with van der Waals surface area (Å²) in [5.74, 6) is -1.68. The van der Waals surface area contributed by atoms with Crippen LogP contribution in [-0.4, -0.2) is 45.3 Å². The first kappa shape index (κ1) is 29.6. The predicted octanol–water partition coefficient (Wildman–Crippen LogP) is 4.59. The predicted molar refractivity (Wildman–Crippen MR) is 140 cm³/mol. The Morgan fingerprint density at radius 3 is 2.66 bits per heavy atom. The molecule has 7 nitrogen and oxygen atoms in total. The van der Waals surface area contributed by atoms with E-state index in [9.17, 15) is 19.8 Å². The van der Waals surface area contributed by atoms with Gasteiger partial charge >= 0.3 is 5.97 Å². The number of aliphatic hydroxyl groups excluding tert-OH is 2. The maximum atomic E-state index is 13.2. The number of hydrogen-bond acceptors (Lipinski definition) is 8. The summed E-state index contributed by atoms with van der Waals surface area (Å²) in [4.78, 5) is 30.3. The van der Waals surface area contributed by atoms with Gasteiger partial charge in [-0.3, -0.25) is 9.59 Å². The molecule has 4 N–H and O–H groups in total. The molecule has 9 heteroatoms. The molecule has 0 fully saturated rings. The number of esters is 1. The third-order valence-electron chi connectivity index (χ3n) is 6.86. The van der Waals surface area contributed by atoms with Gasteiger partial charge in [0.05, 0.1) is 34.8 Å². The van der Waals surface area contributed by atoms with Crippen molar-refractivity contribution < 1.29 is 24.5 Å². The number of hydrogen-bond donors (Lipinski definition) is 3. The van der Waals surface area contributed by atoms with Gasteiger partial charge in [0.1, 0.15) is 16.9 Å². The van der Waals surface area contributed by atoms with Crippen LogP contribution in [0.25, 0.3) is 6.08 Å². The van der Waals surface area contributed by atoms with Crippen molar-refractivity contribution in [1.82, 2.24) is 4.98 Å². The van der Waals surface area contributed by atoms with Crippen molar-refractivity contribution in [3.05, 3.63) is 32.8 Å². The molecule has 35 heavy (non-hydrogen) atoms. The van der Waals surface area contributed by atoms with Crippen molar-refractivity contribution in [2.24, 2.45) is 23.0 Å². The normalized spacial score (nSPS) is 31.5. The summed E-state index contributed by atoms with van der Waals surface area (Å²) in [5.41, 5.74) is 6.16. The number of halogens is 1. The van der Waals surface area contributed by atoms with E-state index in [1.165, 1.54) is 11.3 Å². The van der Waals surface area contributed by atoms with Gasteiger partial charge in [0.25, 0.3) is 0 Å². The number of aliphatic hydroxyl groups is 2. The summed E-state index contributed by atoms with van der Waals surface area (Å²) in [7, 11) is 0. The lowest BCUT2D eigenvalue weighted by Crippen LogP contribution is -2.45. The lowest BCUT2D eigenvalue weighted by atomic mass is 9.73. The van der Waals surface area contributed by atoms with Crippen molar-refractivity contribution in [2.75, 3.05) is 0 Å². The van der Waals surface area contributed by atoms with Crippen LogP contribution in [0, 0.1) is 17.3 Å². The quantitative estimate of drug-likeness (QED) is 0.388. The molecule has 1 aromatic rings. The van der Waals surface area contributed by atoms with E-state index in [0.717, 1.165) is 29.8 Å². The van der Waals surface area contributed by atoms with E-state index in [4.69, 9.17) is 22.1 Å². The average molecular weight is 527 g/mol. The largest absolute Gasteiger partial charge is 0.456 e. The SMILES string of the molecule is C/C1=C/C[C@@H](/C(Cl)=C/c2csc(CN)n2)OC(=O)C[C@H](O)C(C)(C)C(=O)[C@H](C)[C@@H](O)[C@@H](C)CCC1. The van der Waals surface area contributed by atoms with E-state index in [-0.39, 0.29) is 18.1 Å². The van der Waals surface area contributed by atoms with Crippen molar-refractivity contribution in [2.45, 2.75) is 91.6 Å². The highest BCUT2D eigenvalue weighted by molar-refractivity contribution is 7.09. The number of rotatable bonds is 3. The first-order valence-electron chi connectivity index (χ1n) is 12.1. The van der Waals surface area contributed by atoms with E-state index < -0.39 is 35.6 Å². The molecule has 0 amide bonds. The minimum atomic E-state index is -1.27. The third-order valence-corrected chi connectivity index (χ3v) is 8.10. The zero-order valence-electron chi connectivity index (χ0n) is 21.3. The molecule has 1 aliphatic rings. The molecular formula is C26H39ClN2O5S. The van der Waals surface area contributed by atoms with E-state index in [2.05, 4.69) is 4.98 Å². The molecule has 0 radical (unpaired) electrons. The number of cyclic esters (lactones) is 1. The molecule has 0 spiro atoms. The van der Waals surface area contributed by atoms with Gasteiger partial charge in [-0.25, -0.2) is 4.98 Å². The van der Waals surface area contributed by atoms with Crippen LogP contribution in [-0.2, 0) is 20.9 Å². The van der Waals surface area contributed by atoms with Crippen molar-refractivity contribution in [1.29, 1.82) is 0 Å². The van der Waals surface area contributed by atoms with Crippen molar-refractivity contribution in [3.8, 4) is 0 Å². The molecule has 2 rings (SSSR count). The van der Waals surface area contributed by atoms with Crippen LogP contribution in [0.3, 0.4) is 0 Å². The van der Waals surface area contributed by atoms with Crippen LogP contribution >= 0.6 is 22.9 Å². The third kappa shape index (κ3) is 8.22. The number of nitrogens with two attached hydrogens (primary N) is 1. The molecule has 1 aromatic heterocycles. The molecule has 5 atom stereocenters. The Labute approximate surface area is 217 Å². The second-order valence-electron chi connectivity index (χ2n) is 10.1. The maximum absolute atomic E-state index is 13.2. The van der Waals surface area contributed by atoms with Gasteiger partial charge in [0.15, 0.2) is 0 Å². The van der Waals surface area contributed by atoms with Gasteiger partial charge < -0.3 is 20.7 Å². The van der Waals surface area contributed by atoms with Crippen LogP contribution in [0.4, 0.5) is 0 Å². The summed E-state index contributed by atoms with van der Waals surface area (Å²) >= 11 is 8.00. The highest BCUT2D eigenvalue weighted by atomic mass is 35.5. The number of Topliss-reactive ketones (excluding diaryl/α,β-unsaturated/α-hetero) is 1. The fourth-order valence-electron chi connectivity index (χ4n) is 4.24. The molecule has 2 heterocycles. The molecule has 0 saturated carbocycles. The fraction of sp³-hybridized carbons (Fsp3) is 0.654. The lowest BCUT2D eigenvalue weighted by Gasteiger charge is -2.34. The topological polar surface area (TPSA) is 123 Å². The highest BCUT2D eigenvalue weighted by Crippen LogP contribution is 2.32. The number of nitrogens with zero attached hydrogens (tertiary/aromatic N) is 1. The van der Waals surface area contributed by atoms with Crippen molar-refractivity contribution >= 4 is 40.8 Å². The summed E-state index contributed by atoms with van der Waals surface area (Å²) in [5, 5.41) is 24.5. The van der Waals surface area contributed by atoms with E-state index in [1.54, 1.807) is 26.8 Å². The molecule has 0 aliphatic carbocycles. The number of ketones is 1. The van der Waals surface area contributed by atoms with E-state index in [0.29, 0.717) is 23.7 Å². The number of carbonyl (C=O) groups excluding carboxylic acids is 2. The fourth-order valence-corrected chi connectivity index (χ4v) is 5.12. The van der Waals surface area contributed by atoms with Gasteiger partial charge in [-0.15, -0.1) is 11.3 Å². The van der Waals surface area contributed by atoms with Gasteiger partial charge in [-0.05, 0) is 38.2 Å². The number of allylic oxidation sites excluding steroid dienone is 1. The number of aromatic nitrogens is 1. The summed E-state index contributed by atoms with van der Waals surface area (Å²) < 4.78 is 5.68. The van der Waals surface area contributed by atoms with Crippen LogP contribution in [0.5, 0.6) is 0 Å². The van der Waals surface area contributed by atoms with Crippen LogP contribution in [0.15, 0.2) is 22.1 Å². The number of thiazole rings is 1.